The second-order valence-corrected chi connectivity index (χ2v) is 4.81. The van der Waals surface area contributed by atoms with Gasteiger partial charge in [0.1, 0.15) is 11.6 Å². The zero-order valence-electron chi connectivity index (χ0n) is 12.2. The van der Waals surface area contributed by atoms with Crippen LogP contribution in [0, 0.1) is 0 Å². The molecule has 0 aliphatic carbocycles. The minimum atomic E-state index is 0.265. The monoisotopic (exact) mass is 273 g/mol. The summed E-state index contributed by atoms with van der Waals surface area (Å²) in [5.41, 5.74) is 1.25. The molecular weight excluding hydrogens is 250 g/mol. The molecule has 108 valence electrons. The minimum Gasteiger partial charge on any atom is -0.494 e. The maximum atomic E-state index is 5.58. The van der Waals surface area contributed by atoms with Gasteiger partial charge in [-0.2, -0.15) is 0 Å². The topological polar surface area (TPSA) is 49.9 Å². The molecule has 0 amide bonds. The van der Waals surface area contributed by atoms with Gasteiger partial charge in [-0.05, 0) is 30.5 Å². The second kappa shape index (κ2) is 7.70. The number of nitrogens with zero attached hydrogens (tertiary/aromatic N) is 1. The van der Waals surface area contributed by atoms with Crippen LogP contribution >= 0.6 is 0 Å². The highest BCUT2D eigenvalue weighted by Crippen LogP contribution is 2.15. The summed E-state index contributed by atoms with van der Waals surface area (Å²) in [4.78, 5) is 7.47. The van der Waals surface area contributed by atoms with Crippen LogP contribution in [0.1, 0.15) is 44.1 Å². The first-order chi connectivity index (χ1) is 9.83. The summed E-state index contributed by atoms with van der Waals surface area (Å²) in [6.45, 7) is 5.86. The van der Waals surface area contributed by atoms with E-state index in [0.717, 1.165) is 37.6 Å². The Morgan fingerprint density at radius 1 is 1.25 bits per heavy atom. The molecular formula is C16H23N3O. The van der Waals surface area contributed by atoms with Gasteiger partial charge in [0.15, 0.2) is 0 Å². The molecule has 0 saturated carbocycles. The van der Waals surface area contributed by atoms with E-state index in [0.29, 0.717) is 0 Å². The van der Waals surface area contributed by atoms with Crippen molar-refractivity contribution < 1.29 is 4.74 Å². The highest BCUT2D eigenvalue weighted by Gasteiger charge is 2.10. The molecule has 2 aromatic rings. The maximum absolute atomic E-state index is 5.58. The Morgan fingerprint density at radius 2 is 2.05 bits per heavy atom. The number of nitrogens with one attached hydrogen (secondary N) is 2. The van der Waals surface area contributed by atoms with Crippen LogP contribution in [0.3, 0.4) is 0 Å². The summed E-state index contributed by atoms with van der Waals surface area (Å²) >= 11 is 0. The van der Waals surface area contributed by atoms with Crippen molar-refractivity contribution in [2.75, 3.05) is 6.61 Å². The molecule has 4 nitrogen and oxygen atoms in total. The molecule has 2 N–H and O–H groups in total. The van der Waals surface area contributed by atoms with Gasteiger partial charge in [-0.25, -0.2) is 4.98 Å². The third-order valence-electron chi connectivity index (χ3n) is 3.21. The van der Waals surface area contributed by atoms with E-state index in [1.165, 1.54) is 5.56 Å². The van der Waals surface area contributed by atoms with Crippen LogP contribution in [-0.2, 0) is 6.54 Å². The number of hydrogen-bond donors (Lipinski definition) is 2. The fraction of sp³-hybridized carbons (Fsp3) is 0.438. The van der Waals surface area contributed by atoms with Crippen molar-refractivity contribution in [3.8, 4) is 5.75 Å². The normalized spacial score (nSPS) is 12.3. The van der Waals surface area contributed by atoms with Crippen LogP contribution in [0.25, 0.3) is 0 Å². The average Bonchev–Trinajstić information content (AvgIpc) is 3.01. The lowest BCUT2D eigenvalue weighted by Gasteiger charge is -2.15. The fourth-order valence-electron chi connectivity index (χ4n) is 2.07. The van der Waals surface area contributed by atoms with Crippen LogP contribution in [0.5, 0.6) is 5.75 Å². The van der Waals surface area contributed by atoms with E-state index in [1.54, 1.807) is 6.20 Å². The number of hydrogen-bond acceptors (Lipinski definition) is 3. The van der Waals surface area contributed by atoms with Gasteiger partial charge in [-0.15, -0.1) is 0 Å². The lowest BCUT2D eigenvalue weighted by molar-refractivity contribution is 0.317. The standard InChI is InChI=1S/C16H23N3O/c1-3-11-20-14-7-5-13(6-8-14)12-19-15(4-2)16-17-9-10-18-16/h5-10,15,19H,3-4,11-12H2,1-2H3,(H,17,18). The molecule has 2 rings (SSSR count). The number of benzene rings is 1. The molecule has 1 heterocycles. The second-order valence-electron chi connectivity index (χ2n) is 4.81. The molecule has 1 atom stereocenters. The van der Waals surface area contributed by atoms with Gasteiger partial charge in [0.2, 0.25) is 0 Å². The number of ether oxygens (including phenoxy) is 1. The number of aromatic amines is 1. The van der Waals surface area contributed by atoms with E-state index in [1.807, 2.05) is 18.3 Å². The minimum absolute atomic E-state index is 0.265. The van der Waals surface area contributed by atoms with Gasteiger partial charge >= 0.3 is 0 Å². The molecule has 1 aromatic heterocycles. The van der Waals surface area contributed by atoms with Gasteiger partial charge in [-0.1, -0.05) is 26.0 Å². The van der Waals surface area contributed by atoms with Gasteiger partial charge in [0.05, 0.1) is 12.6 Å². The smallest absolute Gasteiger partial charge is 0.123 e. The molecule has 20 heavy (non-hydrogen) atoms. The highest BCUT2D eigenvalue weighted by atomic mass is 16.5. The third-order valence-corrected chi connectivity index (χ3v) is 3.21. The Morgan fingerprint density at radius 3 is 2.65 bits per heavy atom. The van der Waals surface area contributed by atoms with Crippen LogP contribution in [0.2, 0.25) is 0 Å². The lowest BCUT2D eigenvalue weighted by atomic mass is 10.1. The molecule has 4 heteroatoms. The SMILES string of the molecule is CCCOc1ccc(CNC(CC)c2ncc[nH]2)cc1. The van der Waals surface area contributed by atoms with Crippen molar-refractivity contribution in [2.45, 2.75) is 39.3 Å². The quantitative estimate of drug-likeness (QED) is 0.774. The maximum Gasteiger partial charge on any atom is 0.123 e. The van der Waals surface area contributed by atoms with Crippen molar-refractivity contribution >= 4 is 0 Å². The van der Waals surface area contributed by atoms with Gasteiger partial charge in [-0.3, -0.25) is 0 Å². The Kier molecular flexibility index (Phi) is 5.62. The van der Waals surface area contributed by atoms with E-state index in [2.05, 4.69) is 41.3 Å². The fourth-order valence-corrected chi connectivity index (χ4v) is 2.07. The molecule has 1 unspecified atom stereocenters. The largest absolute Gasteiger partial charge is 0.494 e. The van der Waals surface area contributed by atoms with E-state index < -0.39 is 0 Å². The average molecular weight is 273 g/mol. The van der Waals surface area contributed by atoms with Crippen molar-refractivity contribution in [3.05, 3.63) is 48.0 Å². The lowest BCUT2D eigenvalue weighted by Crippen LogP contribution is -2.21. The Balaban J connectivity index is 1.86. The van der Waals surface area contributed by atoms with Gasteiger partial charge in [0.25, 0.3) is 0 Å². The van der Waals surface area contributed by atoms with Crippen molar-refractivity contribution in [1.29, 1.82) is 0 Å². The van der Waals surface area contributed by atoms with Gasteiger partial charge < -0.3 is 15.0 Å². The summed E-state index contributed by atoms with van der Waals surface area (Å²) in [5, 5.41) is 3.52. The predicted octanol–water partition coefficient (Wildman–Crippen LogP) is 3.44. The van der Waals surface area contributed by atoms with Crippen LogP contribution in [0.4, 0.5) is 0 Å². The molecule has 0 aliphatic rings. The van der Waals surface area contributed by atoms with Crippen LogP contribution in [-0.4, -0.2) is 16.6 Å². The first-order valence-corrected chi connectivity index (χ1v) is 7.27. The molecule has 0 fully saturated rings. The van der Waals surface area contributed by atoms with E-state index >= 15 is 0 Å². The Labute approximate surface area is 120 Å². The van der Waals surface area contributed by atoms with Gasteiger partial charge in [0, 0.05) is 18.9 Å². The molecule has 0 spiro atoms. The van der Waals surface area contributed by atoms with E-state index in [-0.39, 0.29) is 6.04 Å². The number of imidazole rings is 1. The van der Waals surface area contributed by atoms with Crippen LogP contribution in [0.15, 0.2) is 36.7 Å². The molecule has 0 aliphatic heterocycles. The van der Waals surface area contributed by atoms with Crippen molar-refractivity contribution in [3.63, 3.8) is 0 Å². The summed E-state index contributed by atoms with van der Waals surface area (Å²) in [7, 11) is 0. The summed E-state index contributed by atoms with van der Waals surface area (Å²) in [6.07, 6.45) is 5.69. The van der Waals surface area contributed by atoms with Crippen molar-refractivity contribution in [2.24, 2.45) is 0 Å². The van der Waals surface area contributed by atoms with Crippen molar-refractivity contribution in [1.82, 2.24) is 15.3 Å². The molecule has 1 aromatic carbocycles. The zero-order chi connectivity index (χ0) is 14.2. The number of aromatic nitrogens is 2. The summed E-state index contributed by atoms with van der Waals surface area (Å²) in [5.74, 6) is 1.93. The summed E-state index contributed by atoms with van der Waals surface area (Å²) < 4.78 is 5.58. The first-order valence-electron chi connectivity index (χ1n) is 7.27. The van der Waals surface area contributed by atoms with E-state index in [9.17, 15) is 0 Å². The first kappa shape index (κ1) is 14.6. The van der Waals surface area contributed by atoms with Crippen LogP contribution < -0.4 is 10.1 Å². The molecule has 0 saturated heterocycles. The molecule has 0 bridgehead atoms. The summed E-state index contributed by atoms with van der Waals surface area (Å²) in [6, 6.07) is 8.53. The zero-order valence-corrected chi connectivity index (χ0v) is 12.2. The molecule has 0 radical (unpaired) electrons. The predicted molar refractivity (Wildman–Crippen MR) is 80.7 cm³/mol. The highest BCUT2D eigenvalue weighted by molar-refractivity contribution is 5.27. The third kappa shape index (κ3) is 4.10. The number of rotatable bonds is 8. The Hall–Kier alpha value is -1.81. The number of H-pyrrole nitrogens is 1. The Bertz CT molecular complexity index is 479. The van der Waals surface area contributed by atoms with E-state index in [4.69, 9.17) is 4.74 Å².